The van der Waals surface area contributed by atoms with Gasteiger partial charge in [-0.3, -0.25) is 4.79 Å². The van der Waals surface area contributed by atoms with Gasteiger partial charge < -0.3 is 8.98 Å². The molecule has 0 unspecified atom stereocenters. The van der Waals surface area contributed by atoms with Crippen molar-refractivity contribution in [1.29, 1.82) is 0 Å². The lowest BCUT2D eigenvalue weighted by Gasteiger charge is -1.99. The van der Waals surface area contributed by atoms with Crippen molar-refractivity contribution >= 4 is 5.78 Å². The van der Waals surface area contributed by atoms with Crippen LogP contribution in [0.3, 0.4) is 0 Å². The fraction of sp³-hybridized carbons (Fsp3) is 0.200. The Hall–Kier alpha value is -1.84. The summed E-state index contributed by atoms with van der Waals surface area (Å²) in [6.45, 7) is 1.85. The Labute approximate surface area is 81.2 Å². The van der Waals surface area contributed by atoms with Gasteiger partial charge in [-0.25, -0.2) is 4.98 Å². The predicted molar refractivity (Wildman–Crippen MR) is 50.1 cm³/mol. The van der Waals surface area contributed by atoms with Crippen molar-refractivity contribution in [3.05, 3.63) is 41.9 Å². The zero-order valence-corrected chi connectivity index (χ0v) is 8.02. The Bertz CT molecular complexity index is 454. The molecule has 0 saturated carbocycles. The Kier molecular flexibility index (Phi) is 1.96. The van der Waals surface area contributed by atoms with Crippen LogP contribution in [0.2, 0.25) is 0 Å². The van der Waals surface area contributed by atoms with Crippen molar-refractivity contribution in [2.75, 3.05) is 0 Å². The van der Waals surface area contributed by atoms with E-state index in [9.17, 15) is 4.79 Å². The van der Waals surface area contributed by atoms with Gasteiger partial charge in [0.15, 0.2) is 5.76 Å². The molecule has 2 heterocycles. The van der Waals surface area contributed by atoms with Crippen LogP contribution in [-0.2, 0) is 7.05 Å². The molecular formula is C10H10N2O2. The molecule has 0 saturated heterocycles. The van der Waals surface area contributed by atoms with E-state index in [2.05, 4.69) is 4.98 Å². The maximum absolute atomic E-state index is 11.8. The van der Waals surface area contributed by atoms with Crippen molar-refractivity contribution in [3.63, 3.8) is 0 Å². The second-order valence-corrected chi connectivity index (χ2v) is 3.06. The number of aromatic nitrogens is 2. The molecule has 2 aromatic rings. The highest BCUT2D eigenvalue weighted by atomic mass is 16.3. The molecule has 0 amide bonds. The Morgan fingerprint density at radius 1 is 1.57 bits per heavy atom. The van der Waals surface area contributed by atoms with Gasteiger partial charge in [-0.2, -0.15) is 0 Å². The first kappa shape index (κ1) is 8.74. The number of furan rings is 1. The third-order valence-electron chi connectivity index (χ3n) is 2.20. The number of ketones is 1. The lowest BCUT2D eigenvalue weighted by Crippen LogP contribution is -2.07. The molecule has 0 N–H and O–H groups in total. The standard InChI is InChI=1S/C10H10N2O2/c1-7-11-6-8(12(7)2)10(13)9-4-3-5-14-9/h3-6H,1-2H3. The van der Waals surface area contributed by atoms with Crippen LogP contribution in [0.5, 0.6) is 0 Å². The van der Waals surface area contributed by atoms with Crippen LogP contribution in [0.1, 0.15) is 22.1 Å². The molecule has 2 rings (SSSR count). The maximum Gasteiger partial charge on any atom is 0.246 e. The number of rotatable bonds is 2. The monoisotopic (exact) mass is 190 g/mol. The lowest BCUT2D eigenvalue weighted by atomic mass is 10.2. The highest BCUT2D eigenvalue weighted by Gasteiger charge is 2.16. The van der Waals surface area contributed by atoms with E-state index in [4.69, 9.17) is 4.42 Å². The van der Waals surface area contributed by atoms with Crippen molar-refractivity contribution in [2.24, 2.45) is 7.05 Å². The summed E-state index contributed by atoms with van der Waals surface area (Å²) in [5.74, 6) is 1.01. The summed E-state index contributed by atoms with van der Waals surface area (Å²) in [7, 11) is 1.80. The van der Waals surface area contributed by atoms with Crippen LogP contribution in [-0.4, -0.2) is 15.3 Å². The predicted octanol–water partition coefficient (Wildman–Crippen LogP) is 1.55. The molecule has 0 bridgehead atoms. The first-order chi connectivity index (χ1) is 6.70. The van der Waals surface area contributed by atoms with Crippen molar-refractivity contribution in [3.8, 4) is 0 Å². The maximum atomic E-state index is 11.8. The van der Waals surface area contributed by atoms with Crippen LogP contribution in [0.15, 0.2) is 29.0 Å². The van der Waals surface area contributed by atoms with Gasteiger partial charge in [0.2, 0.25) is 5.78 Å². The second-order valence-electron chi connectivity index (χ2n) is 3.06. The summed E-state index contributed by atoms with van der Waals surface area (Å²) in [5, 5.41) is 0. The number of hydrogen-bond donors (Lipinski definition) is 0. The van der Waals surface area contributed by atoms with E-state index >= 15 is 0 Å². The van der Waals surface area contributed by atoms with E-state index in [1.807, 2.05) is 6.92 Å². The molecular weight excluding hydrogens is 180 g/mol. The van der Waals surface area contributed by atoms with E-state index in [0.717, 1.165) is 5.82 Å². The van der Waals surface area contributed by atoms with Gasteiger partial charge in [-0.1, -0.05) is 0 Å². The van der Waals surface area contributed by atoms with Gasteiger partial charge in [0.05, 0.1) is 12.5 Å². The molecule has 0 aliphatic heterocycles. The number of carbonyl (C=O) groups excluding carboxylic acids is 1. The summed E-state index contributed by atoms with van der Waals surface area (Å²) in [6.07, 6.45) is 3.04. The van der Waals surface area contributed by atoms with Crippen molar-refractivity contribution in [2.45, 2.75) is 6.92 Å². The fourth-order valence-electron chi connectivity index (χ4n) is 1.25. The van der Waals surface area contributed by atoms with Crippen molar-refractivity contribution < 1.29 is 9.21 Å². The molecule has 0 radical (unpaired) electrons. The van der Waals surface area contributed by atoms with E-state index in [1.165, 1.54) is 6.26 Å². The zero-order valence-electron chi connectivity index (χ0n) is 8.02. The van der Waals surface area contributed by atoms with Crippen LogP contribution in [0.4, 0.5) is 0 Å². The van der Waals surface area contributed by atoms with Crippen LogP contribution in [0, 0.1) is 6.92 Å². The molecule has 4 nitrogen and oxygen atoms in total. The average molecular weight is 190 g/mol. The molecule has 14 heavy (non-hydrogen) atoms. The highest BCUT2D eigenvalue weighted by Crippen LogP contribution is 2.10. The number of hydrogen-bond acceptors (Lipinski definition) is 3. The topological polar surface area (TPSA) is 48.0 Å². The highest BCUT2D eigenvalue weighted by molar-refractivity contribution is 6.05. The smallest absolute Gasteiger partial charge is 0.246 e. The third kappa shape index (κ3) is 1.25. The van der Waals surface area contributed by atoms with Gasteiger partial charge in [0, 0.05) is 7.05 Å². The number of aryl methyl sites for hydroxylation is 1. The van der Waals surface area contributed by atoms with Gasteiger partial charge in [0.1, 0.15) is 11.5 Å². The quantitative estimate of drug-likeness (QED) is 0.675. The van der Waals surface area contributed by atoms with Gasteiger partial charge in [0.25, 0.3) is 0 Å². The third-order valence-corrected chi connectivity index (χ3v) is 2.20. The molecule has 2 aromatic heterocycles. The molecule has 0 atom stereocenters. The largest absolute Gasteiger partial charge is 0.461 e. The minimum Gasteiger partial charge on any atom is -0.461 e. The number of carbonyl (C=O) groups is 1. The summed E-state index contributed by atoms with van der Waals surface area (Å²) >= 11 is 0. The first-order valence-corrected chi connectivity index (χ1v) is 4.26. The normalized spacial score (nSPS) is 10.4. The van der Waals surface area contributed by atoms with E-state index < -0.39 is 0 Å². The summed E-state index contributed by atoms with van der Waals surface area (Å²) < 4.78 is 6.76. The molecule has 0 aliphatic carbocycles. The number of imidazole rings is 1. The Morgan fingerprint density at radius 2 is 2.36 bits per heavy atom. The molecule has 0 aromatic carbocycles. The van der Waals surface area contributed by atoms with E-state index in [1.54, 1.807) is 29.9 Å². The number of nitrogens with zero attached hydrogens (tertiary/aromatic N) is 2. The van der Waals surface area contributed by atoms with Crippen LogP contribution >= 0.6 is 0 Å². The molecule has 0 spiro atoms. The summed E-state index contributed by atoms with van der Waals surface area (Å²) in [4.78, 5) is 15.8. The fourth-order valence-corrected chi connectivity index (χ4v) is 1.25. The molecule has 72 valence electrons. The molecule has 4 heteroatoms. The molecule has 0 aliphatic rings. The van der Waals surface area contributed by atoms with Crippen molar-refractivity contribution in [1.82, 2.24) is 9.55 Å². The van der Waals surface area contributed by atoms with E-state index in [-0.39, 0.29) is 5.78 Å². The SMILES string of the molecule is Cc1ncc(C(=O)c2ccco2)n1C. The first-order valence-electron chi connectivity index (χ1n) is 4.26. The minimum atomic E-state index is -0.141. The summed E-state index contributed by atoms with van der Waals surface area (Å²) in [5.41, 5.74) is 0.539. The Morgan fingerprint density at radius 3 is 2.86 bits per heavy atom. The van der Waals surface area contributed by atoms with E-state index in [0.29, 0.717) is 11.5 Å². The van der Waals surface area contributed by atoms with Crippen LogP contribution in [0.25, 0.3) is 0 Å². The minimum absolute atomic E-state index is 0.141. The van der Waals surface area contributed by atoms with Gasteiger partial charge >= 0.3 is 0 Å². The second kappa shape index (κ2) is 3.14. The summed E-state index contributed by atoms with van der Waals surface area (Å²) in [6, 6.07) is 3.33. The molecule has 0 fully saturated rings. The lowest BCUT2D eigenvalue weighted by molar-refractivity contribution is 0.100. The zero-order chi connectivity index (χ0) is 10.1. The average Bonchev–Trinajstić information content (AvgIpc) is 2.77. The Balaban J connectivity index is 2.42. The van der Waals surface area contributed by atoms with Crippen LogP contribution < -0.4 is 0 Å². The van der Waals surface area contributed by atoms with Gasteiger partial charge in [-0.05, 0) is 19.1 Å². The van der Waals surface area contributed by atoms with Gasteiger partial charge in [-0.15, -0.1) is 0 Å².